The van der Waals surface area contributed by atoms with Crippen LogP contribution in [0.25, 0.3) is 0 Å². The monoisotopic (exact) mass is 182 g/mol. The van der Waals surface area contributed by atoms with Gasteiger partial charge in [-0.1, -0.05) is 20.8 Å². The van der Waals surface area contributed by atoms with E-state index in [1.165, 1.54) is 0 Å². The lowest BCUT2D eigenvalue weighted by molar-refractivity contribution is 0.217. The molecule has 1 rings (SSSR count). The van der Waals surface area contributed by atoms with Gasteiger partial charge in [0, 0.05) is 20.0 Å². The van der Waals surface area contributed by atoms with Crippen LogP contribution in [0.3, 0.4) is 0 Å². The van der Waals surface area contributed by atoms with Crippen LogP contribution in [0.5, 0.6) is 0 Å². The van der Waals surface area contributed by atoms with Gasteiger partial charge < -0.3 is 4.74 Å². The van der Waals surface area contributed by atoms with Gasteiger partial charge in [0.2, 0.25) is 5.90 Å². The maximum Gasteiger partial charge on any atom is 0.230 e. The summed E-state index contributed by atoms with van der Waals surface area (Å²) in [6.45, 7) is 7.31. The smallest absolute Gasteiger partial charge is 0.230 e. The topological polar surface area (TPSA) is 34.0 Å². The molecule has 0 N–H and O–H groups in total. The molecule has 0 amide bonds. The minimum atomic E-state index is 0.196. The van der Waals surface area contributed by atoms with Gasteiger partial charge in [0.05, 0.1) is 6.61 Å². The van der Waals surface area contributed by atoms with E-state index in [-0.39, 0.29) is 5.41 Å². The molecule has 13 heavy (non-hydrogen) atoms. The van der Waals surface area contributed by atoms with Crippen LogP contribution in [0.2, 0.25) is 0 Å². The molecule has 3 heteroatoms. The van der Waals surface area contributed by atoms with Gasteiger partial charge in [0.25, 0.3) is 0 Å². The van der Waals surface area contributed by atoms with Gasteiger partial charge in [-0.05, 0) is 5.41 Å². The first-order chi connectivity index (χ1) is 6.00. The largest absolute Gasteiger partial charge is 0.476 e. The highest BCUT2D eigenvalue weighted by molar-refractivity contribution is 6.41. The molecule has 0 radical (unpaired) electrons. The van der Waals surface area contributed by atoms with Crippen molar-refractivity contribution in [3.63, 3.8) is 0 Å². The second-order valence-corrected chi connectivity index (χ2v) is 4.37. The predicted octanol–water partition coefficient (Wildman–Crippen LogP) is 1.78. The van der Waals surface area contributed by atoms with Crippen molar-refractivity contribution < 1.29 is 4.74 Å². The van der Waals surface area contributed by atoms with Gasteiger partial charge in [-0.3, -0.25) is 9.98 Å². The van der Waals surface area contributed by atoms with Gasteiger partial charge >= 0.3 is 0 Å². The summed E-state index contributed by atoms with van der Waals surface area (Å²) in [5.74, 6) is 1.08. The maximum atomic E-state index is 5.46. The average Bonchev–Trinajstić information content (AvgIpc) is 2.45. The Labute approximate surface area is 79.9 Å². The quantitative estimate of drug-likeness (QED) is 0.562. The summed E-state index contributed by atoms with van der Waals surface area (Å²) in [7, 11) is 3.54. The third kappa shape index (κ3) is 1.90. The van der Waals surface area contributed by atoms with E-state index in [1.54, 1.807) is 14.1 Å². The van der Waals surface area contributed by atoms with Gasteiger partial charge in [0.15, 0.2) is 0 Å². The molecule has 1 unspecified atom stereocenters. The van der Waals surface area contributed by atoms with E-state index in [1.807, 2.05) is 0 Å². The van der Waals surface area contributed by atoms with E-state index in [2.05, 4.69) is 30.8 Å². The molecule has 0 aromatic carbocycles. The minimum Gasteiger partial charge on any atom is -0.476 e. The Bertz CT molecular complexity index is 248. The predicted molar refractivity (Wildman–Crippen MR) is 55.6 cm³/mol. The van der Waals surface area contributed by atoms with Gasteiger partial charge in [-0.25, -0.2) is 0 Å². The second-order valence-electron chi connectivity index (χ2n) is 4.37. The molecule has 3 nitrogen and oxygen atoms in total. The van der Waals surface area contributed by atoms with Crippen molar-refractivity contribution in [1.82, 2.24) is 0 Å². The molecule has 0 bridgehead atoms. The van der Waals surface area contributed by atoms with Crippen LogP contribution >= 0.6 is 0 Å². The van der Waals surface area contributed by atoms with Crippen LogP contribution < -0.4 is 0 Å². The fourth-order valence-electron chi connectivity index (χ4n) is 1.55. The summed E-state index contributed by atoms with van der Waals surface area (Å²) < 4.78 is 5.46. The lowest BCUT2D eigenvalue weighted by Gasteiger charge is -2.24. The first-order valence-corrected chi connectivity index (χ1v) is 4.57. The Balaban J connectivity index is 2.94. The summed E-state index contributed by atoms with van der Waals surface area (Å²) >= 11 is 0. The number of aliphatic imine (C=N–C) groups is 2. The van der Waals surface area contributed by atoms with Crippen molar-refractivity contribution in [2.75, 3.05) is 20.7 Å². The summed E-state index contributed by atoms with van der Waals surface area (Å²) in [6, 6.07) is 0. The van der Waals surface area contributed by atoms with E-state index in [4.69, 9.17) is 4.74 Å². The van der Waals surface area contributed by atoms with E-state index >= 15 is 0 Å². The van der Waals surface area contributed by atoms with Crippen LogP contribution in [0.1, 0.15) is 20.8 Å². The molecular weight excluding hydrogens is 164 g/mol. The standard InChI is InChI=1S/C10H18N2O/c1-10(2,3)7-6-13-9(12-5)8(7)11-4/h7H,6H2,1-5H3. The number of hydrogen-bond acceptors (Lipinski definition) is 3. The first-order valence-electron chi connectivity index (χ1n) is 4.57. The molecule has 1 aliphatic rings. The molecule has 1 aliphatic heterocycles. The Morgan fingerprint density at radius 1 is 1.23 bits per heavy atom. The normalized spacial score (nSPS) is 29.8. The molecule has 1 fully saturated rings. The molecular formula is C10H18N2O. The van der Waals surface area contributed by atoms with Crippen molar-refractivity contribution in [3.05, 3.63) is 0 Å². The summed E-state index contributed by atoms with van der Waals surface area (Å²) in [4.78, 5) is 8.32. The Hall–Kier alpha value is -0.860. The Morgan fingerprint density at radius 3 is 2.23 bits per heavy atom. The molecule has 1 heterocycles. The number of ether oxygens (including phenoxy) is 1. The lowest BCUT2D eigenvalue weighted by atomic mass is 9.79. The number of rotatable bonds is 0. The molecule has 0 aromatic heterocycles. The van der Waals surface area contributed by atoms with Crippen molar-refractivity contribution >= 4 is 11.6 Å². The lowest BCUT2D eigenvalue weighted by Crippen LogP contribution is -2.28. The second kappa shape index (κ2) is 3.48. The zero-order valence-corrected chi connectivity index (χ0v) is 9.09. The van der Waals surface area contributed by atoms with Gasteiger partial charge in [-0.15, -0.1) is 0 Å². The Kier molecular flexibility index (Phi) is 2.74. The number of nitrogens with zero attached hydrogens (tertiary/aromatic N) is 2. The van der Waals surface area contributed by atoms with E-state index in [9.17, 15) is 0 Å². The van der Waals surface area contributed by atoms with Crippen molar-refractivity contribution in [2.45, 2.75) is 20.8 Å². The van der Waals surface area contributed by atoms with Crippen molar-refractivity contribution in [3.8, 4) is 0 Å². The summed E-state index contributed by atoms with van der Waals surface area (Å²) in [6.07, 6.45) is 0. The highest BCUT2D eigenvalue weighted by Crippen LogP contribution is 2.31. The average molecular weight is 182 g/mol. The van der Waals surface area contributed by atoms with E-state index in [0.717, 1.165) is 5.71 Å². The summed E-state index contributed by atoms with van der Waals surface area (Å²) in [5.41, 5.74) is 1.20. The van der Waals surface area contributed by atoms with Crippen LogP contribution in [0.15, 0.2) is 9.98 Å². The van der Waals surface area contributed by atoms with Crippen LogP contribution in [0.4, 0.5) is 0 Å². The van der Waals surface area contributed by atoms with Crippen molar-refractivity contribution in [1.29, 1.82) is 0 Å². The minimum absolute atomic E-state index is 0.196. The third-order valence-electron chi connectivity index (χ3n) is 2.43. The maximum absolute atomic E-state index is 5.46. The number of hydrogen-bond donors (Lipinski definition) is 0. The fourth-order valence-corrected chi connectivity index (χ4v) is 1.55. The van der Waals surface area contributed by atoms with Crippen LogP contribution in [-0.2, 0) is 4.74 Å². The third-order valence-corrected chi connectivity index (χ3v) is 2.43. The molecule has 1 saturated heterocycles. The Morgan fingerprint density at radius 2 is 1.85 bits per heavy atom. The first kappa shape index (κ1) is 10.2. The van der Waals surface area contributed by atoms with Crippen molar-refractivity contribution in [2.24, 2.45) is 21.3 Å². The molecule has 0 spiro atoms. The molecule has 0 aromatic rings. The molecule has 74 valence electrons. The SMILES string of the molecule is CN=C1OCC(C(C)(C)C)C1=NC. The molecule has 0 aliphatic carbocycles. The zero-order valence-electron chi connectivity index (χ0n) is 9.09. The van der Waals surface area contributed by atoms with Crippen LogP contribution in [-0.4, -0.2) is 32.3 Å². The van der Waals surface area contributed by atoms with Gasteiger partial charge in [-0.2, -0.15) is 0 Å². The van der Waals surface area contributed by atoms with E-state index in [0.29, 0.717) is 18.4 Å². The van der Waals surface area contributed by atoms with Crippen LogP contribution in [0, 0.1) is 11.3 Å². The molecule has 0 saturated carbocycles. The van der Waals surface area contributed by atoms with Gasteiger partial charge in [0.1, 0.15) is 5.71 Å². The summed E-state index contributed by atoms with van der Waals surface area (Å²) in [5, 5.41) is 0. The fraction of sp³-hybridized carbons (Fsp3) is 0.800. The zero-order chi connectivity index (χ0) is 10.1. The highest BCUT2D eigenvalue weighted by atomic mass is 16.5. The molecule has 1 atom stereocenters. The van der Waals surface area contributed by atoms with E-state index < -0.39 is 0 Å². The highest BCUT2D eigenvalue weighted by Gasteiger charge is 2.38.